The summed E-state index contributed by atoms with van der Waals surface area (Å²) in [5.41, 5.74) is 2.00. The topological polar surface area (TPSA) is 75.4 Å². The minimum absolute atomic E-state index is 0.0258. The quantitative estimate of drug-likeness (QED) is 0.785. The Morgan fingerprint density at radius 3 is 2.50 bits per heavy atom. The second kappa shape index (κ2) is 5.94. The lowest BCUT2D eigenvalue weighted by Crippen LogP contribution is -2.42. The fourth-order valence-corrected chi connectivity index (χ4v) is 3.15. The zero-order chi connectivity index (χ0) is 18.4. The molecule has 0 radical (unpaired) electrons. The van der Waals surface area contributed by atoms with Crippen LogP contribution >= 0.6 is 0 Å². The van der Waals surface area contributed by atoms with E-state index in [2.05, 4.69) is 4.98 Å². The van der Waals surface area contributed by atoms with Crippen LogP contribution in [0.4, 0.5) is 4.39 Å². The Labute approximate surface area is 148 Å². The van der Waals surface area contributed by atoms with Gasteiger partial charge in [-0.1, -0.05) is 0 Å². The van der Waals surface area contributed by atoms with E-state index < -0.39 is 11.8 Å². The summed E-state index contributed by atoms with van der Waals surface area (Å²) in [6.07, 6.45) is 2.41. The van der Waals surface area contributed by atoms with Crippen LogP contribution in [-0.2, 0) is 0 Å². The lowest BCUT2D eigenvalue weighted by molar-refractivity contribution is 0.0645. The van der Waals surface area contributed by atoms with E-state index in [0.717, 1.165) is 6.42 Å². The molecule has 1 saturated heterocycles. The van der Waals surface area contributed by atoms with Crippen LogP contribution in [0.2, 0.25) is 0 Å². The van der Waals surface area contributed by atoms with Gasteiger partial charge in [0.25, 0.3) is 5.91 Å². The Hall–Kier alpha value is -3.22. The van der Waals surface area contributed by atoms with Crippen molar-refractivity contribution < 1.29 is 19.1 Å². The van der Waals surface area contributed by atoms with Gasteiger partial charge >= 0.3 is 5.97 Å². The van der Waals surface area contributed by atoms with E-state index in [1.54, 1.807) is 30.0 Å². The monoisotopic (exact) mass is 353 g/mol. The number of imidazole rings is 1. The summed E-state index contributed by atoms with van der Waals surface area (Å²) in [4.78, 5) is 29.4. The van der Waals surface area contributed by atoms with E-state index in [1.807, 2.05) is 0 Å². The van der Waals surface area contributed by atoms with Crippen LogP contribution in [0.15, 0.2) is 36.7 Å². The summed E-state index contributed by atoms with van der Waals surface area (Å²) in [5, 5.41) is 9.16. The molecular formula is C19H16FN3O3. The first-order valence-electron chi connectivity index (χ1n) is 8.26. The zero-order valence-corrected chi connectivity index (χ0v) is 14.1. The Morgan fingerprint density at radius 2 is 1.88 bits per heavy atom. The third-order valence-corrected chi connectivity index (χ3v) is 4.74. The van der Waals surface area contributed by atoms with Crippen molar-refractivity contribution in [3.05, 3.63) is 59.2 Å². The fraction of sp³-hybridized carbons (Fsp3) is 0.211. The average molecular weight is 353 g/mol. The molecule has 2 heterocycles. The number of aromatic nitrogens is 2. The fourth-order valence-electron chi connectivity index (χ4n) is 3.15. The first kappa shape index (κ1) is 16.3. The molecule has 132 valence electrons. The maximum absolute atomic E-state index is 15.1. The van der Waals surface area contributed by atoms with Gasteiger partial charge < -0.3 is 10.0 Å². The van der Waals surface area contributed by atoms with Gasteiger partial charge in [-0.3, -0.25) is 9.36 Å². The average Bonchev–Trinajstić information content (AvgIpc) is 2.98. The van der Waals surface area contributed by atoms with E-state index in [1.165, 1.54) is 23.0 Å². The number of carbonyl (C=O) groups excluding carboxylic acids is 1. The predicted molar refractivity (Wildman–Crippen MR) is 93.2 cm³/mol. The van der Waals surface area contributed by atoms with Crippen LogP contribution in [0, 0.1) is 12.7 Å². The number of hydrogen-bond acceptors (Lipinski definition) is 3. The van der Waals surface area contributed by atoms with Crippen LogP contribution in [0.3, 0.4) is 0 Å². The Balaban J connectivity index is 1.85. The largest absolute Gasteiger partial charge is 0.478 e. The number of carboxylic acid groups (broad SMARTS) is 1. The molecular weight excluding hydrogens is 337 g/mol. The van der Waals surface area contributed by atoms with Crippen molar-refractivity contribution in [3.63, 3.8) is 0 Å². The Kier molecular flexibility index (Phi) is 3.72. The highest BCUT2D eigenvalue weighted by atomic mass is 19.1. The molecule has 0 unspecified atom stereocenters. The minimum atomic E-state index is -1.02. The first-order valence-corrected chi connectivity index (χ1v) is 8.26. The summed E-state index contributed by atoms with van der Waals surface area (Å²) in [5.74, 6) is -1.95. The first-order chi connectivity index (χ1) is 12.5. The summed E-state index contributed by atoms with van der Waals surface area (Å²) in [6.45, 7) is 2.97. The molecule has 2 aromatic carbocycles. The number of aromatic carboxylic acids is 1. The van der Waals surface area contributed by atoms with E-state index in [9.17, 15) is 9.59 Å². The van der Waals surface area contributed by atoms with Crippen molar-refractivity contribution in [1.29, 1.82) is 0 Å². The van der Waals surface area contributed by atoms with Gasteiger partial charge in [0, 0.05) is 18.8 Å². The summed E-state index contributed by atoms with van der Waals surface area (Å²) < 4.78 is 16.7. The van der Waals surface area contributed by atoms with Gasteiger partial charge in [-0.2, -0.15) is 0 Å². The molecule has 1 aliphatic rings. The van der Waals surface area contributed by atoms with Gasteiger partial charge in [0.15, 0.2) is 5.82 Å². The van der Waals surface area contributed by atoms with Crippen LogP contribution < -0.4 is 0 Å². The van der Waals surface area contributed by atoms with Crippen LogP contribution in [-0.4, -0.2) is 44.5 Å². The molecule has 0 bridgehead atoms. The van der Waals surface area contributed by atoms with E-state index >= 15 is 4.39 Å². The molecule has 26 heavy (non-hydrogen) atoms. The second-order valence-corrected chi connectivity index (χ2v) is 6.36. The highest BCUT2D eigenvalue weighted by Crippen LogP contribution is 2.26. The van der Waals surface area contributed by atoms with Crippen molar-refractivity contribution in [1.82, 2.24) is 14.5 Å². The minimum Gasteiger partial charge on any atom is -0.478 e. The number of amides is 1. The predicted octanol–water partition coefficient (Wildman–Crippen LogP) is 3.02. The van der Waals surface area contributed by atoms with Crippen LogP contribution in [0.5, 0.6) is 0 Å². The van der Waals surface area contributed by atoms with E-state index in [4.69, 9.17) is 5.11 Å². The Bertz CT molecular complexity index is 1050. The zero-order valence-electron chi connectivity index (χ0n) is 14.1. The molecule has 1 amide bonds. The van der Waals surface area contributed by atoms with Crippen molar-refractivity contribution in [2.45, 2.75) is 13.3 Å². The number of carbonyl (C=O) groups is 2. The molecule has 7 heteroatoms. The van der Waals surface area contributed by atoms with Crippen molar-refractivity contribution in [2.24, 2.45) is 0 Å². The van der Waals surface area contributed by atoms with Gasteiger partial charge in [0.2, 0.25) is 0 Å². The van der Waals surface area contributed by atoms with Crippen LogP contribution in [0.1, 0.15) is 32.7 Å². The lowest BCUT2D eigenvalue weighted by atomic mass is 10.1. The number of carboxylic acids is 1. The van der Waals surface area contributed by atoms with Crippen molar-refractivity contribution >= 4 is 22.9 Å². The molecule has 6 nitrogen and oxygen atoms in total. The highest BCUT2D eigenvalue weighted by Gasteiger charge is 2.26. The lowest BCUT2D eigenvalue weighted by Gasteiger charge is -2.31. The third kappa shape index (κ3) is 2.44. The van der Waals surface area contributed by atoms with Gasteiger partial charge in [-0.15, -0.1) is 0 Å². The maximum atomic E-state index is 15.1. The number of rotatable bonds is 3. The Morgan fingerprint density at radius 1 is 1.15 bits per heavy atom. The number of halogens is 1. The number of aryl methyl sites for hydroxylation is 1. The molecule has 1 aromatic heterocycles. The number of hydrogen-bond donors (Lipinski definition) is 1. The molecule has 4 rings (SSSR count). The van der Waals surface area contributed by atoms with Gasteiger partial charge in [0.05, 0.1) is 16.6 Å². The van der Waals surface area contributed by atoms with E-state index in [0.29, 0.717) is 29.9 Å². The smallest absolute Gasteiger partial charge is 0.335 e. The number of likely N-dealkylation sites (tertiary alicyclic amines) is 1. The normalized spacial score (nSPS) is 13.7. The molecule has 1 aliphatic heterocycles. The molecule has 0 aliphatic carbocycles. The summed E-state index contributed by atoms with van der Waals surface area (Å²) >= 11 is 0. The SMILES string of the molecule is Cc1cc(-n2cnc3ccc(C(=O)N4CCC4)c(F)c32)ccc1C(=O)O. The number of benzene rings is 2. The molecule has 0 atom stereocenters. The molecule has 1 N–H and O–H groups in total. The molecule has 0 saturated carbocycles. The summed E-state index contributed by atoms with van der Waals surface area (Å²) in [6, 6.07) is 7.83. The molecule has 3 aromatic rings. The number of fused-ring (bicyclic) bond motifs is 1. The summed E-state index contributed by atoms with van der Waals surface area (Å²) in [7, 11) is 0. The molecule has 1 fully saturated rings. The van der Waals surface area contributed by atoms with Gasteiger partial charge in [-0.25, -0.2) is 14.2 Å². The van der Waals surface area contributed by atoms with Gasteiger partial charge in [-0.05, 0) is 49.2 Å². The van der Waals surface area contributed by atoms with E-state index in [-0.39, 0.29) is 22.6 Å². The second-order valence-electron chi connectivity index (χ2n) is 6.36. The van der Waals surface area contributed by atoms with Crippen LogP contribution in [0.25, 0.3) is 16.7 Å². The van der Waals surface area contributed by atoms with Crippen molar-refractivity contribution in [3.8, 4) is 5.69 Å². The standard InChI is InChI=1S/C19H16FN3O3/c1-11-9-12(3-4-13(11)19(25)26)23-10-21-15-6-5-14(16(20)17(15)23)18(24)22-7-2-8-22/h3-6,9-10H,2,7-8H2,1H3,(H,25,26). The number of nitrogens with zero attached hydrogens (tertiary/aromatic N) is 3. The van der Waals surface area contributed by atoms with Gasteiger partial charge in [0.1, 0.15) is 11.8 Å². The maximum Gasteiger partial charge on any atom is 0.335 e. The third-order valence-electron chi connectivity index (χ3n) is 4.74. The highest BCUT2D eigenvalue weighted by molar-refractivity contribution is 5.98. The van der Waals surface area contributed by atoms with Crippen molar-refractivity contribution in [2.75, 3.05) is 13.1 Å². The molecule has 0 spiro atoms.